The molecule has 14 N–H and O–H groups in total. The molecule has 5 atom stereocenters. The third-order valence-corrected chi connectivity index (χ3v) is 8.86. The molecule has 52 heavy (non-hydrogen) atoms. The first-order chi connectivity index (χ1) is 24.8. The summed E-state index contributed by atoms with van der Waals surface area (Å²) in [6, 6.07) is 3.89. The predicted octanol–water partition coefficient (Wildman–Crippen LogP) is -3.18. The SMILES string of the molecule is NC(N)=NCCC[C@H](NC(=O)[C@@H](N)CCCN=C(N)N)C(=O)N1CCC[C@H]1C(=O)N1CCC[C@H]1C(=O)NCC(=O)N[C@@H](Cc1ccccc1)C(=O)O. The molecule has 0 saturated carbocycles. The van der Waals surface area contributed by atoms with Crippen LogP contribution in [0, 0.1) is 0 Å². The molecule has 1 aromatic carbocycles. The van der Waals surface area contributed by atoms with Crippen LogP contribution in [0.4, 0.5) is 0 Å². The molecule has 0 radical (unpaired) electrons. The largest absolute Gasteiger partial charge is 0.480 e. The van der Waals surface area contributed by atoms with Gasteiger partial charge in [-0.15, -0.1) is 0 Å². The number of hydrogen-bond donors (Lipinski definition) is 9. The lowest BCUT2D eigenvalue weighted by atomic mass is 10.1. The van der Waals surface area contributed by atoms with Crippen LogP contribution in [0.1, 0.15) is 56.9 Å². The molecule has 2 fully saturated rings. The number of rotatable bonds is 19. The second-order valence-corrected chi connectivity index (χ2v) is 12.8. The van der Waals surface area contributed by atoms with Gasteiger partial charge in [0, 0.05) is 32.6 Å². The molecule has 286 valence electrons. The summed E-state index contributed by atoms with van der Waals surface area (Å²) in [5, 5.41) is 17.3. The fraction of sp³-hybridized carbons (Fsp3) is 0.576. The zero-order valence-electron chi connectivity index (χ0n) is 29.2. The minimum absolute atomic E-state index is 0.0612. The van der Waals surface area contributed by atoms with Gasteiger partial charge in [-0.05, 0) is 56.9 Å². The number of carboxylic acids is 1. The highest BCUT2D eigenvalue weighted by Crippen LogP contribution is 2.26. The monoisotopic (exact) mass is 728 g/mol. The van der Waals surface area contributed by atoms with Gasteiger partial charge in [-0.3, -0.25) is 34.0 Å². The van der Waals surface area contributed by atoms with Crippen molar-refractivity contribution in [3.63, 3.8) is 0 Å². The van der Waals surface area contributed by atoms with Crippen molar-refractivity contribution >= 4 is 47.4 Å². The highest BCUT2D eigenvalue weighted by molar-refractivity contribution is 5.96. The second kappa shape index (κ2) is 20.4. The standard InChI is InChI=1S/C33H52N12O7/c34-21(10-4-14-39-32(35)36)27(47)43-22(11-5-15-40-33(37)38)29(49)45-17-7-13-25(45)30(50)44-16-6-12-24(44)28(48)41-19-26(46)42-23(31(51)52)18-20-8-2-1-3-9-20/h1-3,8-9,21-25H,4-7,10-19,34H2,(H,41,48)(H,42,46)(H,43,47)(H,51,52)(H4,35,36,39)(H4,37,38,40)/t21-,22-,23-,24-,25-/m0/s1. The predicted molar refractivity (Wildman–Crippen MR) is 192 cm³/mol. The minimum atomic E-state index is -1.22. The summed E-state index contributed by atoms with van der Waals surface area (Å²) in [5.74, 6) is -4.10. The summed E-state index contributed by atoms with van der Waals surface area (Å²) in [6.07, 6.45) is 3.03. The summed E-state index contributed by atoms with van der Waals surface area (Å²) in [7, 11) is 0. The molecule has 1 aromatic rings. The first kappa shape index (κ1) is 41.0. The molecule has 19 nitrogen and oxygen atoms in total. The first-order valence-corrected chi connectivity index (χ1v) is 17.4. The molecule has 19 heteroatoms. The lowest BCUT2D eigenvalue weighted by Gasteiger charge is -2.33. The average Bonchev–Trinajstić information content (AvgIpc) is 3.80. The smallest absolute Gasteiger partial charge is 0.326 e. The van der Waals surface area contributed by atoms with Gasteiger partial charge in [0.25, 0.3) is 0 Å². The van der Waals surface area contributed by atoms with Crippen LogP contribution < -0.4 is 44.6 Å². The number of carbonyl (C=O) groups excluding carboxylic acids is 5. The maximum absolute atomic E-state index is 13.9. The van der Waals surface area contributed by atoms with Crippen LogP contribution in [0.2, 0.25) is 0 Å². The summed E-state index contributed by atoms with van der Waals surface area (Å²) >= 11 is 0. The molecule has 0 spiro atoms. The summed E-state index contributed by atoms with van der Waals surface area (Å²) < 4.78 is 0. The maximum Gasteiger partial charge on any atom is 0.326 e. The van der Waals surface area contributed by atoms with E-state index in [-0.39, 0.29) is 57.4 Å². The van der Waals surface area contributed by atoms with Crippen molar-refractivity contribution in [2.24, 2.45) is 38.7 Å². The second-order valence-electron chi connectivity index (χ2n) is 12.8. The van der Waals surface area contributed by atoms with E-state index < -0.39 is 72.3 Å². The number of aliphatic imine (C=N–C) groups is 2. The van der Waals surface area contributed by atoms with E-state index in [9.17, 15) is 33.9 Å². The molecule has 0 aliphatic carbocycles. The Bertz CT molecular complexity index is 1470. The van der Waals surface area contributed by atoms with E-state index in [1.165, 1.54) is 9.80 Å². The molecule has 2 saturated heterocycles. The van der Waals surface area contributed by atoms with Crippen molar-refractivity contribution in [3.05, 3.63) is 35.9 Å². The number of nitrogens with two attached hydrogens (primary N) is 5. The van der Waals surface area contributed by atoms with Crippen molar-refractivity contribution in [2.75, 3.05) is 32.7 Å². The third kappa shape index (κ3) is 12.7. The number of amides is 5. The number of likely N-dealkylation sites (tertiary alicyclic amines) is 2. The van der Waals surface area contributed by atoms with Gasteiger partial charge in [0.15, 0.2) is 11.9 Å². The number of carbonyl (C=O) groups is 6. The highest BCUT2D eigenvalue weighted by Gasteiger charge is 2.43. The fourth-order valence-corrected chi connectivity index (χ4v) is 6.25. The highest BCUT2D eigenvalue weighted by atomic mass is 16.4. The van der Waals surface area contributed by atoms with Gasteiger partial charge in [0.2, 0.25) is 29.5 Å². The van der Waals surface area contributed by atoms with Crippen LogP contribution in [0.15, 0.2) is 40.3 Å². The molecular weight excluding hydrogens is 676 g/mol. The van der Waals surface area contributed by atoms with Crippen molar-refractivity contribution in [2.45, 2.75) is 88.0 Å². The van der Waals surface area contributed by atoms with Gasteiger partial charge >= 0.3 is 5.97 Å². The van der Waals surface area contributed by atoms with E-state index in [1.54, 1.807) is 30.3 Å². The Kier molecular flexibility index (Phi) is 16.1. The number of carboxylic acid groups (broad SMARTS) is 1. The molecule has 0 bridgehead atoms. The number of guanidine groups is 2. The first-order valence-electron chi connectivity index (χ1n) is 17.4. The third-order valence-electron chi connectivity index (χ3n) is 8.86. The Morgan fingerprint density at radius 2 is 1.40 bits per heavy atom. The molecule has 0 unspecified atom stereocenters. The van der Waals surface area contributed by atoms with Crippen LogP contribution >= 0.6 is 0 Å². The molecular formula is C33H52N12O7. The zero-order chi connectivity index (χ0) is 38.2. The van der Waals surface area contributed by atoms with Gasteiger partial charge in [-0.2, -0.15) is 0 Å². The van der Waals surface area contributed by atoms with Gasteiger partial charge in [-0.25, -0.2) is 4.79 Å². The zero-order valence-corrected chi connectivity index (χ0v) is 29.2. The average molecular weight is 729 g/mol. The number of hydrogen-bond acceptors (Lipinski definition) is 9. The molecule has 2 heterocycles. The lowest BCUT2D eigenvalue weighted by molar-refractivity contribution is -0.148. The van der Waals surface area contributed by atoms with Gasteiger partial charge in [0.1, 0.15) is 24.2 Å². The van der Waals surface area contributed by atoms with Crippen LogP contribution in [0.3, 0.4) is 0 Å². The Balaban J connectivity index is 1.63. The van der Waals surface area contributed by atoms with Crippen molar-refractivity contribution < 1.29 is 33.9 Å². The van der Waals surface area contributed by atoms with Crippen molar-refractivity contribution in [3.8, 4) is 0 Å². The van der Waals surface area contributed by atoms with Crippen molar-refractivity contribution in [1.29, 1.82) is 0 Å². The quantitative estimate of drug-likeness (QED) is 0.0387. The van der Waals surface area contributed by atoms with E-state index >= 15 is 0 Å². The van der Waals surface area contributed by atoms with Crippen LogP contribution in [0.5, 0.6) is 0 Å². The van der Waals surface area contributed by atoms with Crippen LogP contribution in [-0.4, -0.2) is 125 Å². The van der Waals surface area contributed by atoms with Crippen molar-refractivity contribution in [1.82, 2.24) is 25.8 Å². The fourth-order valence-electron chi connectivity index (χ4n) is 6.25. The molecule has 2 aliphatic heterocycles. The molecule has 2 aliphatic rings. The van der Waals surface area contributed by atoms with Gasteiger partial charge in [0.05, 0.1) is 12.6 Å². The number of nitrogens with one attached hydrogen (secondary N) is 3. The number of nitrogens with zero attached hydrogens (tertiary/aromatic N) is 4. The Morgan fingerprint density at radius 3 is 2.02 bits per heavy atom. The maximum atomic E-state index is 13.9. The summed E-state index contributed by atoms with van der Waals surface area (Å²) in [4.78, 5) is 89.2. The molecule has 5 amide bonds. The number of benzene rings is 1. The summed E-state index contributed by atoms with van der Waals surface area (Å²) in [5.41, 5.74) is 28.3. The lowest BCUT2D eigenvalue weighted by Crippen LogP contribution is -2.57. The van der Waals surface area contributed by atoms with E-state index in [4.69, 9.17) is 28.7 Å². The van der Waals surface area contributed by atoms with Crippen LogP contribution in [-0.2, 0) is 35.2 Å². The Labute approximate surface area is 302 Å². The minimum Gasteiger partial charge on any atom is -0.480 e. The summed E-state index contributed by atoms with van der Waals surface area (Å²) in [6.45, 7) is 0.541. The van der Waals surface area contributed by atoms with Gasteiger partial charge < -0.3 is 59.5 Å². The van der Waals surface area contributed by atoms with E-state index in [0.29, 0.717) is 38.5 Å². The number of aliphatic carboxylic acids is 1. The van der Waals surface area contributed by atoms with Gasteiger partial charge in [-0.1, -0.05) is 30.3 Å². The Morgan fingerprint density at radius 1 is 0.808 bits per heavy atom. The van der Waals surface area contributed by atoms with E-state index in [1.807, 2.05) is 0 Å². The normalized spacial score (nSPS) is 18.4. The van der Waals surface area contributed by atoms with E-state index in [2.05, 4.69) is 25.9 Å². The molecule has 3 rings (SSSR count). The topological polar surface area (TPSA) is 320 Å². The molecule has 0 aromatic heterocycles. The Hall–Kier alpha value is -5.46. The van der Waals surface area contributed by atoms with Crippen LogP contribution in [0.25, 0.3) is 0 Å². The van der Waals surface area contributed by atoms with E-state index in [0.717, 1.165) is 5.56 Å².